The second kappa shape index (κ2) is 8.30. The summed E-state index contributed by atoms with van der Waals surface area (Å²) in [4.78, 5) is 15.8. The first-order chi connectivity index (χ1) is 12.1. The van der Waals surface area contributed by atoms with Gasteiger partial charge in [-0.1, -0.05) is 19.3 Å². The van der Waals surface area contributed by atoms with Crippen molar-refractivity contribution in [3.8, 4) is 0 Å². The largest absolute Gasteiger partial charge is 0.383 e. The molecular formula is C16H19N5O2S2. The second-order valence-corrected chi connectivity index (χ2v) is 8.00. The van der Waals surface area contributed by atoms with Crippen LogP contribution in [0.1, 0.15) is 37.7 Å². The fraction of sp³-hybridized carbons (Fsp3) is 0.375. The highest BCUT2D eigenvalue weighted by atomic mass is 32.2. The van der Waals surface area contributed by atoms with Crippen molar-refractivity contribution in [2.75, 3.05) is 11.2 Å². The van der Waals surface area contributed by atoms with E-state index in [1.807, 2.05) is 6.07 Å². The van der Waals surface area contributed by atoms with Crippen LogP contribution in [0, 0.1) is 10.1 Å². The lowest BCUT2D eigenvalue weighted by Crippen LogP contribution is -2.08. The van der Waals surface area contributed by atoms with E-state index in [-0.39, 0.29) is 10.6 Å². The molecule has 0 unspecified atom stereocenters. The normalized spacial score (nSPS) is 15.5. The maximum Gasteiger partial charge on any atom is 0.270 e. The fourth-order valence-corrected chi connectivity index (χ4v) is 4.59. The first kappa shape index (κ1) is 17.7. The molecule has 1 saturated carbocycles. The summed E-state index contributed by atoms with van der Waals surface area (Å²) in [6.45, 7) is 0. The minimum absolute atomic E-state index is 0.0629. The van der Waals surface area contributed by atoms with E-state index in [0.717, 1.165) is 10.5 Å². The number of anilines is 2. The number of aromatic nitrogens is 1. The first-order valence-corrected chi connectivity index (χ1v) is 9.83. The predicted octanol–water partition coefficient (Wildman–Crippen LogP) is 4.50. The Bertz CT molecular complexity index is 772. The van der Waals surface area contributed by atoms with Crippen molar-refractivity contribution in [3.05, 3.63) is 39.3 Å². The number of hydrazone groups is 1. The van der Waals surface area contributed by atoms with E-state index in [1.165, 1.54) is 43.4 Å². The number of non-ortho nitro benzene ring substituents is 1. The van der Waals surface area contributed by atoms with E-state index >= 15 is 0 Å². The molecule has 9 heteroatoms. The molecule has 3 rings (SSSR count). The second-order valence-electron chi connectivity index (χ2n) is 5.80. The third kappa shape index (κ3) is 4.93. The first-order valence-electron chi connectivity index (χ1n) is 8.07. The smallest absolute Gasteiger partial charge is 0.270 e. The molecule has 0 spiro atoms. The Balaban J connectivity index is 1.77. The molecule has 0 radical (unpaired) electrons. The SMILES string of the molecule is Nc1csc(NN=Cc2cc([N+](=O)[O-])ccc2SC2CCCCC2)n1. The standard InChI is InChI=1S/C16H19N5O2S2/c17-15-10-24-16(19-15)20-18-9-11-8-12(21(22)23)6-7-14(11)25-13-4-2-1-3-5-13/h6-10,13H,1-5,17H2,(H,19,20). The van der Waals surface area contributed by atoms with Gasteiger partial charge in [0.2, 0.25) is 5.13 Å². The Morgan fingerprint density at radius 3 is 2.88 bits per heavy atom. The summed E-state index contributed by atoms with van der Waals surface area (Å²) >= 11 is 3.14. The van der Waals surface area contributed by atoms with Gasteiger partial charge in [-0.05, 0) is 18.9 Å². The molecular weight excluding hydrogens is 358 g/mol. The average Bonchev–Trinajstić information content (AvgIpc) is 3.02. The molecule has 132 valence electrons. The molecule has 2 aromatic rings. The molecule has 1 fully saturated rings. The summed E-state index contributed by atoms with van der Waals surface area (Å²) in [5, 5.41) is 18.1. The van der Waals surface area contributed by atoms with E-state index in [1.54, 1.807) is 35.5 Å². The number of nitrogen functional groups attached to an aromatic ring is 1. The van der Waals surface area contributed by atoms with Crippen molar-refractivity contribution >= 4 is 46.0 Å². The van der Waals surface area contributed by atoms with E-state index in [9.17, 15) is 10.1 Å². The predicted molar refractivity (Wildman–Crippen MR) is 104 cm³/mol. The minimum atomic E-state index is -0.388. The zero-order chi connectivity index (χ0) is 17.6. The molecule has 1 aromatic carbocycles. The van der Waals surface area contributed by atoms with Gasteiger partial charge in [-0.25, -0.2) is 4.98 Å². The number of thiazole rings is 1. The molecule has 0 bridgehead atoms. The monoisotopic (exact) mass is 377 g/mol. The Morgan fingerprint density at radius 1 is 1.40 bits per heavy atom. The van der Waals surface area contributed by atoms with Gasteiger partial charge in [0.05, 0.1) is 11.1 Å². The third-order valence-electron chi connectivity index (χ3n) is 3.94. The van der Waals surface area contributed by atoms with Crippen molar-refractivity contribution in [2.45, 2.75) is 42.2 Å². The highest BCUT2D eigenvalue weighted by Gasteiger charge is 2.17. The summed E-state index contributed by atoms with van der Waals surface area (Å²) in [7, 11) is 0. The summed E-state index contributed by atoms with van der Waals surface area (Å²) in [5.41, 5.74) is 9.18. The molecule has 1 heterocycles. The number of nitro benzene ring substituents is 1. The van der Waals surface area contributed by atoms with Gasteiger partial charge in [0.15, 0.2) is 0 Å². The Morgan fingerprint density at radius 2 is 2.20 bits per heavy atom. The van der Waals surface area contributed by atoms with Crippen LogP contribution in [0.3, 0.4) is 0 Å². The van der Waals surface area contributed by atoms with Gasteiger partial charge < -0.3 is 5.73 Å². The van der Waals surface area contributed by atoms with Gasteiger partial charge in [0.1, 0.15) is 5.82 Å². The number of hydrogen-bond acceptors (Lipinski definition) is 8. The van der Waals surface area contributed by atoms with Crippen LogP contribution >= 0.6 is 23.1 Å². The van der Waals surface area contributed by atoms with Crippen LogP contribution in [-0.4, -0.2) is 21.4 Å². The molecule has 7 nitrogen and oxygen atoms in total. The summed E-state index contributed by atoms with van der Waals surface area (Å²) < 4.78 is 0. The van der Waals surface area contributed by atoms with Gasteiger partial charge >= 0.3 is 0 Å². The van der Waals surface area contributed by atoms with Crippen LogP contribution in [0.2, 0.25) is 0 Å². The van der Waals surface area contributed by atoms with E-state index in [4.69, 9.17) is 5.73 Å². The number of nitrogens with zero attached hydrogens (tertiary/aromatic N) is 3. The van der Waals surface area contributed by atoms with Crippen molar-refractivity contribution in [1.82, 2.24) is 4.98 Å². The Hall–Kier alpha value is -2.13. The molecule has 0 saturated heterocycles. The molecule has 0 amide bonds. The maximum absolute atomic E-state index is 11.1. The van der Waals surface area contributed by atoms with Crippen LogP contribution < -0.4 is 11.2 Å². The number of hydrogen-bond donors (Lipinski definition) is 2. The zero-order valence-electron chi connectivity index (χ0n) is 13.6. The number of benzene rings is 1. The van der Waals surface area contributed by atoms with Gasteiger partial charge in [0, 0.05) is 33.2 Å². The summed E-state index contributed by atoms with van der Waals surface area (Å²) in [6, 6.07) is 4.93. The lowest BCUT2D eigenvalue weighted by atomic mass is 10.0. The third-order valence-corrected chi connectivity index (χ3v) is 6.13. The number of nitrogens with one attached hydrogen (secondary N) is 1. The maximum atomic E-state index is 11.1. The van der Waals surface area contributed by atoms with Gasteiger partial charge in [0.25, 0.3) is 5.69 Å². The van der Waals surface area contributed by atoms with E-state index in [0.29, 0.717) is 16.2 Å². The lowest BCUT2D eigenvalue weighted by Gasteiger charge is -2.21. The van der Waals surface area contributed by atoms with Gasteiger partial charge in [-0.2, -0.15) is 5.10 Å². The number of rotatable bonds is 6. The molecule has 1 aliphatic carbocycles. The molecule has 0 aliphatic heterocycles. The molecule has 1 aromatic heterocycles. The average molecular weight is 377 g/mol. The minimum Gasteiger partial charge on any atom is -0.383 e. The van der Waals surface area contributed by atoms with Crippen LogP contribution in [0.15, 0.2) is 33.6 Å². The van der Waals surface area contributed by atoms with Gasteiger partial charge in [-0.15, -0.1) is 23.1 Å². The Labute approximate surface area is 153 Å². The van der Waals surface area contributed by atoms with Crippen molar-refractivity contribution < 1.29 is 4.92 Å². The van der Waals surface area contributed by atoms with Crippen molar-refractivity contribution in [3.63, 3.8) is 0 Å². The summed E-state index contributed by atoms with van der Waals surface area (Å²) in [5.74, 6) is 0.437. The zero-order valence-corrected chi connectivity index (χ0v) is 15.2. The number of nitro groups is 1. The van der Waals surface area contributed by atoms with E-state index in [2.05, 4.69) is 15.5 Å². The lowest BCUT2D eigenvalue weighted by molar-refractivity contribution is -0.384. The van der Waals surface area contributed by atoms with Crippen LogP contribution in [0.25, 0.3) is 0 Å². The van der Waals surface area contributed by atoms with Crippen molar-refractivity contribution in [2.24, 2.45) is 5.10 Å². The van der Waals surface area contributed by atoms with Crippen LogP contribution in [0.5, 0.6) is 0 Å². The number of thioether (sulfide) groups is 1. The molecule has 1 aliphatic rings. The highest BCUT2D eigenvalue weighted by Crippen LogP contribution is 2.36. The van der Waals surface area contributed by atoms with Gasteiger partial charge in [-0.3, -0.25) is 15.5 Å². The fourth-order valence-electron chi connectivity index (χ4n) is 2.71. The molecule has 3 N–H and O–H groups in total. The van der Waals surface area contributed by atoms with E-state index < -0.39 is 0 Å². The summed E-state index contributed by atoms with van der Waals surface area (Å²) in [6.07, 6.45) is 7.79. The quantitative estimate of drug-likeness (QED) is 0.436. The van der Waals surface area contributed by atoms with Crippen LogP contribution in [-0.2, 0) is 0 Å². The van der Waals surface area contributed by atoms with Crippen LogP contribution in [0.4, 0.5) is 16.6 Å². The Kier molecular flexibility index (Phi) is 5.87. The number of nitrogens with two attached hydrogens (primary N) is 1. The topological polar surface area (TPSA) is 106 Å². The van der Waals surface area contributed by atoms with Crippen molar-refractivity contribution in [1.29, 1.82) is 0 Å². The molecule has 0 atom stereocenters. The molecule has 25 heavy (non-hydrogen) atoms. The highest BCUT2D eigenvalue weighted by molar-refractivity contribution is 8.00.